The fourth-order valence-corrected chi connectivity index (χ4v) is 3.55. The lowest BCUT2D eigenvalue weighted by Gasteiger charge is -2.31. The van der Waals surface area contributed by atoms with Gasteiger partial charge in [0.05, 0.1) is 12.8 Å². The molecule has 166 valence electrons. The highest BCUT2D eigenvalue weighted by atomic mass is 16.5. The lowest BCUT2D eigenvalue weighted by atomic mass is 9.94. The molecule has 3 rings (SSSR count). The summed E-state index contributed by atoms with van der Waals surface area (Å²) in [7, 11) is 1.63. The Morgan fingerprint density at radius 3 is 2.65 bits per heavy atom. The van der Waals surface area contributed by atoms with Crippen LogP contribution in [0, 0.1) is 0 Å². The summed E-state index contributed by atoms with van der Waals surface area (Å²) < 4.78 is 16.3. The number of benzene rings is 2. The Morgan fingerprint density at radius 1 is 1.29 bits per heavy atom. The first-order valence-corrected chi connectivity index (χ1v) is 10.0. The summed E-state index contributed by atoms with van der Waals surface area (Å²) in [5.74, 6) is 0.348. The predicted octanol–water partition coefficient (Wildman–Crippen LogP) is 2.95. The number of anilines is 1. The van der Waals surface area contributed by atoms with Gasteiger partial charge in [-0.2, -0.15) is 0 Å². The molecule has 2 aromatic carbocycles. The molecular weight excluding hydrogens is 400 g/mol. The van der Waals surface area contributed by atoms with Gasteiger partial charge in [0, 0.05) is 30.6 Å². The number of hydrogen-bond donors (Lipinski definition) is 3. The van der Waals surface area contributed by atoms with E-state index in [9.17, 15) is 14.7 Å². The molecule has 0 saturated carbocycles. The second-order valence-electron chi connectivity index (χ2n) is 8.14. The highest BCUT2D eigenvalue weighted by Crippen LogP contribution is 2.40. The molecule has 0 bridgehead atoms. The number of nitrogens with one attached hydrogen (secondary N) is 2. The largest absolute Gasteiger partial charge is 0.508 e. The summed E-state index contributed by atoms with van der Waals surface area (Å²) in [5.41, 5.74) is 1.64. The molecule has 1 aliphatic heterocycles. The van der Waals surface area contributed by atoms with Crippen molar-refractivity contribution in [2.24, 2.45) is 0 Å². The van der Waals surface area contributed by atoms with Crippen molar-refractivity contribution in [1.29, 1.82) is 0 Å². The molecule has 3 N–H and O–H groups in total. The van der Waals surface area contributed by atoms with E-state index in [-0.39, 0.29) is 30.3 Å². The minimum Gasteiger partial charge on any atom is -0.508 e. The number of aromatic hydroxyl groups is 1. The van der Waals surface area contributed by atoms with Gasteiger partial charge in [0.15, 0.2) is 12.4 Å². The molecule has 8 heteroatoms. The SMILES string of the molecule is COc1ccc(CC(C)(C)NC[C@H](OC(C)=O)c2cc(O)cc3c2OCC(=O)N3)cc1. The van der Waals surface area contributed by atoms with Gasteiger partial charge < -0.3 is 30.0 Å². The quantitative estimate of drug-likeness (QED) is 0.555. The van der Waals surface area contributed by atoms with E-state index in [0.717, 1.165) is 17.7 Å². The van der Waals surface area contributed by atoms with E-state index < -0.39 is 12.1 Å². The first kappa shape index (κ1) is 22.4. The third kappa shape index (κ3) is 5.88. The minimum absolute atomic E-state index is 0.0609. The number of phenolic OH excluding ortho intramolecular Hbond substituents is 1. The first-order chi connectivity index (χ1) is 14.7. The van der Waals surface area contributed by atoms with Crippen LogP contribution in [0.2, 0.25) is 0 Å². The van der Waals surface area contributed by atoms with E-state index in [0.29, 0.717) is 17.0 Å². The van der Waals surface area contributed by atoms with Gasteiger partial charge in [-0.3, -0.25) is 9.59 Å². The zero-order valence-electron chi connectivity index (χ0n) is 18.2. The van der Waals surface area contributed by atoms with Gasteiger partial charge in [-0.15, -0.1) is 0 Å². The Bertz CT molecular complexity index is 955. The van der Waals surface area contributed by atoms with Gasteiger partial charge >= 0.3 is 5.97 Å². The molecule has 1 heterocycles. The number of amides is 1. The second-order valence-corrected chi connectivity index (χ2v) is 8.14. The fraction of sp³-hybridized carbons (Fsp3) is 0.391. The zero-order valence-corrected chi connectivity index (χ0v) is 18.2. The van der Waals surface area contributed by atoms with Crippen LogP contribution in [0.25, 0.3) is 0 Å². The number of carbonyl (C=O) groups excluding carboxylic acids is 2. The van der Waals surface area contributed by atoms with E-state index in [1.807, 2.05) is 24.3 Å². The number of fused-ring (bicyclic) bond motifs is 1. The van der Waals surface area contributed by atoms with Crippen molar-refractivity contribution in [2.75, 3.05) is 25.6 Å². The van der Waals surface area contributed by atoms with Crippen LogP contribution in [0.1, 0.15) is 38.0 Å². The topological polar surface area (TPSA) is 106 Å². The Labute approximate surface area is 181 Å². The Morgan fingerprint density at radius 2 is 2.00 bits per heavy atom. The van der Waals surface area contributed by atoms with E-state index in [4.69, 9.17) is 14.2 Å². The smallest absolute Gasteiger partial charge is 0.303 e. The zero-order chi connectivity index (χ0) is 22.6. The van der Waals surface area contributed by atoms with Crippen molar-refractivity contribution < 1.29 is 28.9 Å². The third-order valence-corrected chi connectivity index (χ3v) is 4.95. The molecule has 0 radical (unpaired) electrons. The molecule has 0 aliphatic carbocycles. The van der Waals surface area contributed by atoms with Crippen molar-refractivity contribution in [2.45, 2.75) is 38.8 Å². The molecule has 1 atom stereocenters. The summed E-state index contributed by atoms with van der Waals surface area (Å²) in [5, 5.41) is 16.2. The average molecular weight is 428 g/mol. The van der Waals surface area contributed by atoms with Crippen LogP contribution >= 0.6 is 0 Å². The number of esters is 1. The van der Waals surface area contributed by atoms with E-state index >= 15 is 0 Å². The summed E-state index contributed by atoms with van der Waals surface area (Å²) in [4.78, 5) is 23.4. The van der Waals surface area contributed by atoms with E-state index in [1.165, 1.54) is 19.1 Å². The highest BCUT2D eigenvalue weighted by Gasteiger charge is 2.29. The van der Waals surface area contributed by atoms with Gasteiger partial charge in [0.2, 0.25) is 0 Å². The molecular formula is C23H28N2O6. The second kappa shape index (κ2) is 9.26. The molecule has 0 saturated heterocycles. The standard InChI is InChI=1S/C23H28N2O6/c1-14(26)31-20(18-9-16(27)10-19-22(18)30-13-21(28)25-19)12-24-23(2,3)11-15-5-7-17(29-4)8-6-15/h5-10,20,24,27H,11-13H2,1-4H3,(H,25,28)/t20-/m0/s1. The van der Waals surface area contributed by atoms with Crippen molar-refractivity contribution in [3.05, 3.63) is 47.5 Å². The lowest BCUT2D eigenvalue weighted by molar-refractivity contribution is -0.146. The van der Waals surface area contributed by atoms with Gasteiger partial charge in [-0.05, 0) is 44.0 Å². The Kier molecular flexibility index (Phi) is 6.70. The van der Waals surface area contributed by atoms with Crippen LogP contribution < -0.4 is 20.1 Å². The number of rotatable bonds is 8. The molecule has 0 fully saturated rings. The monoisotopic (exact) mass is 428 g/mol. The third-order valence-electron chi connectivity index (χ3n) is 4.95. The molecule has 1 amide bonds. The summed E-state index contributed by atoms with van der Waals surface area (Å²) in [6, 6.07) is 10.7. The predicted molar refractivity (Wildman–Crippen MR) is 116 cm³/mol. The van der Waals surface area contributed by atoms with Crippen LogP contribution in [0.15, 0.2) is 36.4 Å². The van der Waals surface area contributed by atoms with Crippen LogP contribution in [0.4, 0.5) is 5.69 Å². The van der Waals surface area contributed by atoms with Crippen LogP contribution in [-0.4, -0.2) is 42.8 Å². The average Bonchev–Trinajstić information content (AvgIpc) is 2.70. The maximum absolute atomic E-state index is 11.8. The number of methoxy groups -OCH3 is 1. The fourth-order valence-electron chi connectivity index (χ4n) is 3.55. The maximum Gasteiger partial charge on any atom is 0.303 e. The van der Waals surface area contributed by atoms with Gasteiger partial charge in [0.25, 0.3) is 5.91 Å². The molecule has 8 nitrogen and oxygen atoms in total. The molecule has 0 unspecified atom stereocenters. The van der Waals surface area contributed by atoms with Gasteiger partial charge in [-0.25, -0.2) is 0 Å². The Balaban J connectivity index is 1.79. The molecule has 31 heavy (non-hydrogen) atoms. The highest BCUT2D eigenvalue weighted by molar-refractivity contribution is 5.96. The van der Waals surface area contributed by atoms with Gasteiger partial charge in [0.1, 0.15) is 17.6 Å². The Hall–Kier alpha value is -3.26. The van der Waals surface area contributed by atoms with Crippen molar-refractivity contribution in [1.82, 2.24) is 5.32 Å². The summed E-state index contributed by atoms with van der Waals surface area (Å²) in [6.07, 6.45) is 0.0117. The van der Waals surface area contributed by atoms with Crippen molar-refractivity contribution in [3.8, 4) is 17.2 Å². The maximum atomic E-state index is 11.8. The summed E-state index contributed by atoms with van der Waals surface area (Å²) >= 11 is 0. The van der Waals surface area contributed by atoms with Crippen LogP contribution in [-0.2, 0) is 20.7 Å². The minimum atomic E-state index is -0.719. The summed E-state index contributed by atoms with van der Waals surface area (Å²) in [6.45, 7) is 5.57. The van der Waals surface area contributed by atoms with Crippen LogP contribution in [0.3, 0.4) is 0 Å². The number of carbonyl (C=O) groups is 2. The normalized spacial score (nSPS) is 14.1. The molecule has 0 aromatic heterocycles. The first-order valence-electron chi connectivity index (χ1n) is 10.0. The molecule has 1 aliphatic rings. The van der Waals surface area contributed by atoms with Crippen LogP contribution in [0.5, 0.6) is 17.2 Å². The number of hydrogen-bond acceptors (Lipinski definition) is 7. The molecule has 0 spiro atoms. The van der Waals surface area contributed by atoms with E-state index in [2.05, 4.69) is 24.5 Å². The van der Waals surface area contributed by atoms with E-state index in [1.54, 1.807) is 7.11 Å². The van der Waals surface area contributed by atoms with Gasteiger partial charge in [-0.1, -0.05) is 12.1 Å². The number of ether oxygens (including phenoxy) is 3. The lowest BCUT2D eigenvalue weighted by Crippen LogP contribution is -2.44. The number of phenols is 1. The molecule has 2 aromatic rings. The van der Waals surface area contributed by atoms with Crippen molar-refractivity contribution in [3.63, 3.8) is 0 Å². The van der Waals surface area contributed by atoms with Crippen molar-refractivity contribution >= 4 is 17.6 Å².